The van der Waals surface area contributed by atoms with E-state index in [1.165, 1.54) is 0 Å². The van der Waals surface area contributed by atoms with Crippen molar-refractivity contribution in [1.82, 2.24) is 9.88 Å². The smallest absolute Gasteiger partial charge is 0.251 e. The van der Waals surface area contributed by atoms with Crippen molar-refractivity contribution in [3.63, 3.8) is 0 Å². The molecule has 0 fully saturated rings. The Hall–Kier alpha value is -1.75. The van der Waals surface area contributed by atoms with Crippen molar-refractivity contribution in [2.75, 3.05) is 5.73 Å². The molecule has 0 saturated heterocycles. The van der Waals surface area contributed by atoms with E-state index < -0.39 is 0 Å². The Kier molecular flexibility index (Phi) is 3.72. The topological polar surface area (TPSA) is 60.0 Å². The molecule has 0 atom stereocenters. The number of carbonyl (C=O) groups is 1. The fourth-order valence-corrected chi connectivity index (χ4v) is 2.20. The number of nitrogens with one attached hydrogen (secondary N) is 1. The number of benzene rings is 1. The van der Waals surface area contributed by atoms with Gasteiger partial charge in [-0.25, -0.2) is 0 Å². The first-order chi connectivity index (χ1) is 8.54. The van der Waals surface area contributed by atoms with Crippen molar-refractivity contribution in [3.8, 4) is 0 Å². The van der Waals surface area contributed by atoms with E-state index in [0.717, 1.165) is 10.0 Å². The lowest BCUT2D eigenvalue weighted by Gasteiger charge is -2.05. The minimum atomic E-state index is -0.133. The minimum absolute atomic E-state index is 0.133. The maximum atomic E-state index is 11.9. The lowest BCUT2D eigenvalue weighted by atomic mass is 10.2. The number of carbonyl (C=O) groups excluding carboxylic acids is 1. The van der Waals surface area contributed by atoms with Gasteiger partial charge in [-0.1, -0.05) is 15.9 Å². The highest BCUT2D eigenvalue weighted by Crippen LogP contribution is 2.17. The molecule has 2 rings (SSSR count). The van der Waals surface area contributed by atoms with Crippen LogP contribution < -0.4 is 11.1 Å². The van der Waals surface area contributed by atoms with Crippen LogP contribution in [0.2, 0.25) is 0 Å². The molecule has 1 aromatic carbocycles. The van der Waals surface area contributed by atoms with Crippen LogP contribution in [0.3, 0.4) is 0 Å². The number of nitrogen functional groups attached to an aromatic ring is 1. The van der Waals surface area contributed by atoms with Gasteiger partial charge in [0.25, 0.3) is 5.91 Å². The Labute approximate surface area is 114 Å². The van der Waals surface area contributed by atoms with Gasteiger partial charge in [-0.15, -0.1) is 0 Å². The number of aryl methyl sites for hydroxylation is 1. The molecule has 0 aliphatic carbocycles. The van der Waals surface area contributed by atoms with Crippen LogP contribution in [0.5, 0.6) is 0 Å². The fourth-order valence-electron chi connectivity index (χ4n) is 1.69. The Morgan fingerprint density at radius 2 is 2.22 bits per heavy atom. The third-order valence-corrected chi connectivity index (χ3v) is 2.99. The van der Waals surface area contributed by atoms with Crippen molar-refractivity contribution in [2.24, 2.45) is 7.05 Å². The number of nitrogens with zero attached hydrogens (tertiary/aromatic N) is 1. The van der Waals surface area contributed by atoms with Gasteiger partial charge in [0.2, 0.25) is 0 Å². The van der Waals surface area contributed by atoms with E-state index in [1.807, 2.05) is 30.1 Å². The predicted molar refractivity (Wildman–Crippen MR) is 75.1 cm³/mol. The lowest BCUT2D eigenvalue weighted by Crippen LogP contribution is -2.22. The molecule has 2 aromatic rings. The standard InChI is InChI=1S/C13H14BrN3O/c1-17-3-2-9(8-17)7-16-13(18)10-4-11(14)6-12(15)5-10/h2-6,8H,7,15H2,1H3,(H,16,18). The highest BCUT2D eigenvalue weighted by Gasteiger charge is 2.07. The quantitative estimate of drug-likeness (QED) is 0.855. The van der Waals surface area contributed by atoms with Crippen LogP contribution in [0, 0.1) is 0 Å². The predicted octanol–water partition coefficient (Wildman–Crippen LogP) is 2.30. The van der Waals surface area contributed by atoms with E-state index in [9.17, 15) is 4.79 Å². The molecule has 0 aliphatic rings. The van der Waals surface area contributed by atoms with Crippen molar-refractivity contribution in [2.45, 2.75) is 6.54 Å². The molecular formula is C13H14BrN3O. The summed E-state index contributed by atoms with van der Waals surface area (Å²) in [5, 5.41) is 2.85. The summed E-state index contributed by atoms with van der Waals surface area (Å²) in [6, 6.07) is 7.13. The normalized spacial score (nSPS) is 10.3. The van der Waals surface area contributed by atoms with E-state index in [4.69, 9.17) is 5.73 Å². The molecule has 0 aliphatic heterocycles. The molecule has 1 amide bonds. The summed E-state index contributed by atoms with van der Waals surface area (Å²) >= 11 is 3.32. The summed E-state index contributed by atoms with van der Waals surface area (Å²) in [5.74, 6) is -0.133. The number of halogens is 1. The van der Waals surface area contributed by atoms with Gasteiger partial charge in [0.05, 0.1) is 0 Å². The average Bonchev–Trinajstić information content (AvgIpc) is 2.70. The number of rotatable bonds is 3. The van der Waals surface area contributed by atoms with Gasteiger partial charge in [0.15, 0.2) is 0 Å². The SMILES string of the molecule is Cn1ccc(CNC(=O)c2cc(N)cc(Br)c2)c1. The molecule has 0 spiro atoms. The zero-order chi connectivity index (χ0) is 13.1. The number of anilines is 1. The molecule has 94 valence electrons. The Bertz CT molecular complexity index is 557. The Morgan fingerprint density at radius 1 is 1.44 bits per heavy atom. The number of hydrogen-bond acceptors (Lipinski definition) is 2. The summed E-state index contributed by atoms with van der Waals surface area (Å²) < 4.78 is 2.74. The Balaban J connectivity index is 2.03. The van der Waals surface area contributed by atoms with Crippen LogP contribution in [0.1, 0.15) is 15.9 Å². The van der Waals surface area contributed by atoms with E-state index >= 15 is 0 Å². The van der Waals surface area contributed by atoms with Crippen molar-refractivity contribution >= 4 is 27.5 Å². The fraction of sp³-hybridized carbons (Fsp3) is 0.154. The zero-order valence-corrected chi connectivity index (χ0v) is 11.6. The summed E-state index contributed by atoms with van der Waals surface area (Å²) in [5.41, 5.74) is 7.88. The highest BCUT2D eigenvalue weighted by molar-refractivity contribution is 9.10. The van der Waals surface area contributed by atoms with E-state index in [1.54, 1.807) is 18.2 Å². The van der Waals surface area contributed by atoms with Crippen LogP contribution in [0.15, 0.2) is 41.1 Å². The van der Waals surface area contributed by atoms with Gasteiger partial charge in [-0.2, -0.15) is 0 Å². The largest absolute Gasteiger partial charge is 0.399 e. The molecule has 1 aromatic heterocycles. The third kappa shape index (κ3) is 3.13. The summed E-state index contributed by atoms with van der Waals surface area (Å²) in [7, 11) is 1.94. The molecule has 0 saturated carbocycles. The number of nitrogens with two attached hydrogens (primary N) is 1. The van der Waals surface area contributed by atoms with Crippen LogP contribution in [0.25, 0.3) is 0 Å². The molecule has 4 nitrogen and oxygen atoms in total. The molecule has 5 heteroatoms. The lowest BCUT2D eigenvalue weighted by molar-refractivity contribution is 0.0951. The second kappa shape index (κ2) is 5.27. The molecule has 18 heavy (non-hydrogen) atoms. The van der Waals surface area contributed by atoms with Crippen molar-refractivity contribution in [3.05, 3.63) is 52.3 Å². The van der Waals surface area contributed by atoms with Gasteiger partial charge < -0.3 is 15.6 Å². The Morgan fingerprint density at radius 3 is 2.83 bits per heavy atom. The molecule has 0 unspecified atom stereocenters. The van der Waals surface area contributed by atoms with Crippen LogP contribution in [-0.2, 0) is 13.6 Å². The van der Waals surface area contributed by atoms with Gasteiger partial charge in [-0.3, -0.25) is 4.79 Å². The number of hydrogen-bond donors (Lipinski definition) is 2. The maximum absolute atomic E-state index is 11.9. The first kappa shape index (κ1) is 12.7. The van der Waals surface area contributed by atoms with Crippen LogP contribution >= 0.6 is 15.9 Å². The molecule has 0 radical (unpaired) electrons. The minimum Gasteiger partial charge on any atom is -0.399 e. The summed E-state index contributed by atoms with van der Waals surface area (Å²) in [6.07, 6.45) is 3.91. The first-order valence-corrected chi connectivity index (χ1v) is 6.29. The third-order valence-electron chi connectivity index (χ3n) is 2.53. The zero-order valence-electron chi connectivity index (χ0n) is 9.98. The maximum Gasteiger partial charge on any atom is 0.251 e. The highest BCUT2D eigenvalue weighted by atomic mass is 79.9. The van der Waals surface area contributed by atoms with E-state index in [0.29, 0.717) is 17.8 Å². The van der Waals surface area contributed by atoms with Gasteiger partial charge in [-0.05, 0) is 29.8 Å². The van der Waals surface area contributed by atoms with Crippen molar-refractivity contribution in [1.29, 1.82) is 0 Å². The first-order valence-electron chi connectivity index (χ1n) is 5.50. The van der Waals surface area contributed by atoms with Crippen molar-refractivity contribution < 1.29 is 4.79 Å². The van der Waals surface area contributed by atoms with Gasteiger partial charge in [0, 0.05) is 41.7 Å². The number of aromatic nitrogens is 1. The van der Waals surface area contributed by atoms with Gasteiger partial charge >= 0.3 is 0 Å². The average molecular weight is 308 g/mol. The van der Waals surface area contributed by atoms with E-state index in [2.05, 4.69) is 21.2 Å². The van der Waals surface area contributed by atoms with Crippen LogP contribution in [-0.4, -0.2) is 10.5 Å². The molecule has 0 bridgehead atoms. The summed E-state index contributed by atoms with van der Waals surface area (Å²) in [6.45, 7) is 0.506. The molecular weight excluding hydrogens is 294 g/mol. The molecule has 1 heterocycles. The summed E-state index contributed by atoms with van der Waals surface area (Å²) in [4.78, 5) is 11.9. The second-order valence-corrected chi connectivity index (χ2v) is 5.06. The molecule has 3 N–H and O–H groups in total. The monoisotopic (exact) mass is 307 g/mol. The number of amides is 1. The second-order valence-electron chi connectivity index (χ2n) is 4.14. The van der Waals surface area contributed by atoms with Gasteiger partial charge in [0.1, 0.15) is 0 Å². The van der Waals surface area contributed by atoms with E-state index in [-0.39, 0.29) is 5.91 Å². The van der Waals surface area contributed by atoms with Crippen LogP contribution in [0.4, 0.5) is 5.69 Å².